The Bertz CT molecular complexity index is 204. The zero-order valence-corrected chi connectivity index (χ0v) is 5.74. The third-order valence-corrected chi connectivity index (χ3v) is 2.52. The van der Waals surface area contributed by atoms with Crippen molar-refractivity contribution in [1.29, 1.82) is 0 Å². The van der Waals surface area contributed by atoms with E-state index < -0.39 is 5.62 Å². The van der Waals surface area contributed by atoms with Crippen molar-refractivity contribution in [1.82, 2.24) is 4.90 Å². The summed E-state index contributed by atoms with van der Waals surface area (Å²) in [5, 5.41) is 9.43. The van der Waals surface area contributed by atoms with E-state index in [-0.39, 0.29) is 17.7 Å². The highest BCUT2D eigenvalue weighted by Crippen LogP contribution is 2.53. The van der Waals surface area contributed by atoms with E-state index in [4.69, 9.17) is 7.85 Å². The van der Waals surface area contributed by atoms with Gasteiger partial charge < -0.3 is 10.0 Å². The van der Waals surface area contributed by atoms with E-state index in [0.29, 0.717) is 0 Å². The summed E-state index contributed by atoms with van der Waals surface area (Å²) >= 11 is 0. The molecule has 2 aliphatic rings. The molecular weight excluding hydrogens is 129 g/mol. The molecule has 1 aliphatic heterocycles. The Balaban J connectivity index is 2.32. The van der Waals surface area contributed by atoms with Gasteiger partial charge >= 0.3 is 0 Å². The molecule has 2 fully saturated rings. The lowest BCUT2D eigenvalue weighted by atomic mass is 9.86. The molecule has 0 aromatic heterocycles. The van der Waals surface area contributed by atoms with Crippen LogP contribution < -0.4 is 0 Å². The Morgan fingerprint density at radius 1 is 1.90 bits per heavy atom. The molecule has 1 N–H and O–H groups in total. The summed E-state index contributed by atoms with van der Waals surface area (Å²) in [4.78, 5) is 12.3. The summed E-state index contributed by atoms with van der Waals surface area (Å²) < 4.78 is 0. The smallest absolute Gasteiger partial charge is 0.227 e. The first-order chi connectivity index (χ1) is 4.55. The van der Waals surface area contributed by atoms with E-state index in [1.807, 2.05) is 0 Å². The van der Waals surface area contributed by atoms with Gasteiger partial charge in [-0.15, -0.1) is 0 Å². The predicted molar refractivity (Wildman–Crippen MR) is 35.1 cm³/mol. The molecular formula is C6H8BNO2. The number of fused-ring (bicyclic) bond motifs is 1. The molecule has 0 aromatic carbocycles. The molecule has 3 atom stereocenters. The first-order valence-electron chi connectivity index (χ1n) is 3.34. The number of hydrogen-bond donors (Lipinski definition) is 1. The van der Waals surface area contributed by atoms with Crippen LogP contribution in [0.25, 0.3) is 0 Å². The van der Waals surface area contributed by atoms with E-state index in [9.17, 15) is 9.90 Å². The van der Waals surface area contributed by atoms with Crippen molar-refractivity contribution >= 4 is 13.8 Å². The second kappa shape index (κ2) is 1.40. The van der Waals surface area contributed by atoms with E-state index in [2.05, 4.69) is 0 Å². The molecule has 1 amide bonds. The molecule has 0 aromatic rings. The number of hydrogen-bond acceptors (Lipinski definition) is 2. The maximum Gasteiger partial charge on any atom is 0.227 e. The van der Waals surface area contributed by atoms with Crippen molar-refractivity contribution in [2.24, 2.45) is 11.8 Å². The Hall–Kier alpha value is -0.505. The van der Waals surface area contributed by atoms with Crippen LogP contribution in [-0.2, 0) is 4.79 Å². The first-order valence-corrected chi connectivity index (χ1v) is 3.34. The molecule has 2 radical (unpaired) electrons. The molecule has 3 unspecified atom stereocenters. The zero-order chi connectivity index (χ0) is 7.52. The SMILES string of the molecule is [B]C1(O)C2CC2C(=O)N1C. The van der Waals surface area contributed by atoms with Crippen molar-refractivity contribution in [2.75, 3.05) is 7.05 Å². The third-order valence-electron chi connectivity index (χ3n) is 2.52. The minimum absolute atomic E-state index is 0.00926. The Kier molecular flexibility index (Phi) is 0.868. The normalized spacial score (nSPS) is 51.4. The highest BCUT2D eigenvalue weighted by molar-refractivity contribution is 6.17. The largest absolute Gasteiger partial charge is 0.380 e. The lowest BCUT2D eigenvalue weighted by Crippen LogP contribution is -2.47. The van der Waals surface area contributed by atoms with Gasteiger partial charge in [0.1, 0.15) is 7.85 Å². The highest BCUT2D eigenvalue weighted by Gasteiger charge is 2.62. The molecule has 0 bridgehead atoms. The summed E-state index contributed by atoms with van der Waals surface area (Å²) in [6.07, 6.45) is 0.760. The van der Waals surface area contributed by atoms with Gasteiger partial charge in [-0.25, -0.2) is 0 Å². The third kappa shape index (κ3) is 0.486. The van der Waals surface area contributed by atoms with Crippen molar-refractivity contribution in [3.63, 3.8) is 0 Å². The van der Waals surface area contributed by atoms with Gasteiger partial charge in [0.15, 0.2) is 0 Å². The summed E-state index contributed by atoms with van der Waals surface area (Å²) in [7, 11) is 6.99. The fourth-order valence-corrected chi connectivity index (χ4v) is 1.61. The van der Waals surface area contributed by atoms with Crippen LogP contribution in [0.5, 0.6) is 0 Å². The average molecular weight is 137 g/mol. The number of likely N-dealkylation sites (tertiary alicyclic amines) is 1. The van der Waals surface area contributed by atoms with E-state index in [1.54, 1.807) is 0 Å². The molecule has 52 valence electrons. The Labute approximate surface area is 60.4 Å². The number of aliphatic hydroxyl groups is 1. The zero-order valence-electron chi connectivity index (χ0n) is 5.74. The molecule has 1 aliphatic carbocycles. The van der Waals surface area contributed by atoms with Crippen LogP contribution in [0.2, 0.25) is 0 Å². The van der Waals surface area contributed by atoms with E-state index in [1.165, 1.54) is 11.9 Å². The first kappa shape index (κ1) is 6.22. The molecule has 3 nitrogen and oxygen atoms in total. The summed E-state index contributed by atoms with van der Waals surface area (Å²) in [6, 6.07) is 0. The van der Waals surface area contributed by atoms with Crippen molar-refractivity contribution in [3.8, 4) is 0 Å². The van der Waals surface area contributed by atoms with Crippen LogP contribution in [0.3, 0.4) is 0 Å². The lowest BCUT2D eigenvalue weighted by Gasteiger charge is -2.29. The number of rotatable bonds is 0. The second-order valence-corrected chi connectivity index (χ2v) is 3.13. The summed E-state index contributed by atoms with van der Waals surface area (Å²) in [5.41, 5.74) is -1.36. The number of carbonyl (C=O) groups is 1. The van der Waals surface area contributed by atoms with E-state index >= 15 is 0 Å². The lowest BCUT2D eigenvalue weighted by molar-refractivity contribution is -0.137. The van der Waals surface area contributed by atoms with Crippen LogP contribution in [0.1, 0.15) is 6.42 Å². The highest BCUT2D eigenvalue weighted by atomic mass is 16.3. The Morgan fingerprint density at radius 3 is 2.70 bits per heavy atom. The van der Waals surface area contributed by atoms with Gasteiger partial charge in [0.05, 0.1) is 5.62 Å². The quantitative estimate of drug-likeness (QED) is 0.431. The molecule has 1 saturated heterocycles. The van der Waals surface area contributed by atoms with Crippen LogP contribution in [0.15, 0.2) is 0 Å². The van der Waals surface area contributed by atoms with E-state index in [0.717, 1.165) is 6.42 Å². The van der Waals surface area contributed by atoms with Gasteiger partial charge in [0, 0.05) is 18.9 Å². The Morgan fingerprint density at radius 2 is 2.50 bits per heavy atom. The summed E-state index contributed by atoms with van der Waals surface area (Å²) in [5.74, 6) is -0.0139. The van der Waals surface area contributed by atoms with Crippen molar-refractivity contribution in [2.45, 2.75) is 12.0 Å². The monoisotopic (exact) mass is 137 g/mol. The number of carbonyl (C=O) groups excluding carboxylic acids is 1. The maximum atomic E-state index is 11.0. The van der Waals surface area contributed by atoms with Crippen LogP contribution in [-0.4, -0.2) is 36.4 Å². The average Bonchev–Trinajstić information content (AvgIpc) is 2.58. The van der Waals surface area contributed by atoms with Crippen LogP contribution in [0.4, 0.5) is 0 Å². The number of nitrogens with zero attached hydrogens (tertiary/aromatic N) is 1. The molecule has 0 spiro atoms. The standard InChI is InChI=1S/C6H8BNO2/c1-8-5(9)3-2-4(3)6(8,7)10/h3-4,10H,2H2,1H3. The molecule has 10 heavy (non-hydrogen) atoms. The van der Waals surface area contributed by atoms with Crippen molar-refractivity contribution in [3.05, 3.63) is 0 Å². The predicted octanol–water partition coefficient (Wildman–Crippen LogP) is -1.09. The number of piperidine rings is 1. The van der Waals surface area contributed by atoms with Gasteiger partial charge in [0.2, 0.25) is 5.91 Å². The molecule has 1 heterocycles. The molecule has 1 saturated carbocycles. The fraction of sp³-hybridized carbons (Fsp3) is 0.833. The summed E-state index contributed by atoms with van der Waals surface area (Å²) in [6.45, 7) is 0. The van der Waals surface area contributed by atoms with Crippen molar-refractivity contribution < 1.29 is 9.90 Å². The van der Waals surface area contributed by atoms with Gasteiger partial charge in [-0.05, 0) is 6.42 Å². The van der Waals surface area contributed by atoms with Crippen LogP contribution in [0, 0.1) is 11.8 Å². The molecule has 4 heteroatoms. The maximum absolute atomic E-state index is 11.0. The second-order valence-electron chi connectivity index (χ2n) is 3.13. The number of amides is 1. The van der Waals surface area contributed by atoms with Crippen LogP contribution >= 0.6 is 0 Å². The van der Waals surface area contributed by atoms with Gasteiger partial charge in [0.25, 0.3) is 0 Å². The topological polar surface area (TPSA) is 40.5 Å². The fourth-order valence-electron chi connectivity index (χ4n) is 1.61. The van der Waals surface area contributed by atoms with Gasteiger partial charge in [-0.1, -0.05) is 0 Å². The van der Waals surface area contributed by atoms with Gasteiger partial charge in [-0.2, -0.15) is 0 Å². The minimum Gasteiger partial charge on any atom is -0.380 e. The molecule has 2 rings (SSSR count). The van der Waals surface area contributed by atoms with Gasteiger partial charge in [-0.3, -0.25) is 4.79 Å². The minimum atomic E-state index is -1.36.